The summed E-state index contributed by atoms with van der Waals surface area (Å²) in [5, 5.41) is 3.98. The third kappa shape index (κ3) is 3.63. The Morgan fingerprint density at radius 1 is 0.929 bits per heavy atom. The Morgan fingerprint density at radius 3 is 2.39 bits per heavy atom. The Morgan fingerprint density at radius 2 is 1.64 bits per heavy atom. The van der Waals surface area contributed by atoms with Crippen LogP contribution in [0.2, 0.25) is 0 Å². The van der Waals surface area contributed by atoms with Gasteiger partial charge < -0.3 is 4.52 Å². The fourth-order valence-electron chi connectivity index (χ4n) is 2.63. The maximum absolute atomic E-state index is 12.7. The normalized spacial score (nSPS) is 11.3. The van der Waals surface area contributed by atoms with Crippen LogP contribution >= 0.6 is 0 Å². The molecule has 4 rings (SSSR count). The zero-order valence-corrected chi connectivity index (χ0v) is 15.7. The minimum Gasteiger partial charge on any atom is -0.334 e. The smallest absolute Gasteiger partial charge is 0.261 e. The molecule has 2 heterocycles. The van der Waals surface area contributed by atoms with Crippen LogP contribution < -0.4 is 4.72 Å². The second-order valence-electron chi connectivity index (χ2n) is 6.12. The molecule has 140 valence electrons. The predicted octanol–water partition coefficient (Wildman–Crippen LogP) is 3.91. The highest BCUT2D eigenvalue weighted by atomic mass is 32.2. The van der Waals surface area contributed by atoms with Crippen molar-refractivity contribution in [3.8, 4) is 22.8 Å². The molecule has 0 amide bonds. The fourth-order valence-corrected chi connectivity index (χ4v) is 3.71. The van der Waals surface area contributed by atoms with Crippen LogP contribution in [0.4, 0.5) is 5.69 Å². The summed E-state index contributed by atoms with van der Waals surface area (Å²) in [6.07, 6.45) is 3.27. The molecular weight excluding hydrogens is 376 g/mol. The lowest BCUT2D eigenvalue weighted by Gasteiger charge is -2.10. The summed E-state index contributed by atoms with van der Waals surface area (Å²) >= 11 is 0. The highest BCUT2D eigenvalue weighted by Crippen LogP contribution is 2.30. The van der Waals surface area contributed by atoms with E-state index in [-0.39, 0.29) is 10.8 Å². The summed E-state index contributed by atoms with van der Waals surface area (Å²) in [4.78, 5) is 8.52. The first-order chi connectivity index (χ1) is 13.5. The van der Waals surface area contributed by atoms with E-state index >= 15 is 0 Å². The van der Waals surface area contributed by atoms with E-state index in [1.54, 1.807) is 73.1 Å². The number of pyridine rings is 1. The minimum atomic E-state index is -3.75. The van der Waals surface area contributed by atoms with Gasteiger partial charge in [-0.05, 0) is 43.3 Å². The Hall–Kier alpha value is -3.52. The molecule has 28 heavy (non-hydrogen) atoms. The van der Waals surface area contributed by atoms with E-state index in [2.05, 4.69) is 19.8 Å². The molecule has 2 aromatic carbocycles. The van der Waals surface area contributed by atoms with Crippen molar-refractivity contribution in [2.45, 2.75) is 11.8 Å². The van der Waals surface area contributed by atoms with E-state index in [0.717, 1.165) is 11.1 Å². The average molecular weight is 392 g/mol. The van der Waals surface area contributed by atoms with Crippen LogP contribution in [0.1, 0.15) is 5.56 Å². The summed E-state index contributed by atoms with van der Waals surface area (Å²) in [7, 11) is -3.75. The molecule has 0 radical (unpaired) electrons. The Kier molecular flexibility index (Phi) is 4.62. The zero-order valence-electron chi connectivity index (χ0n) is 14.9. The van der Waals surface area contributed by atoms with Crippen molar-refractivity contribution < 1.29 is 12.9 Å². The summed E-state index contributed by atoms with van der Waals surface area (Å²) in [5.41, 5.74) is 2.58. The van der Waals surface area contributed by atoms with Crippen LogP contribution in [0.5, 0.6) is 0 Å². The lowest BCUT2D eigenvalue weighted by molar-refractivity contribution is 0.432. The molecule has 0 aliphatic heterocycles. The summed E-state index contributed by atoms with van der Waals surface area (Å²) in [6.45, 7) is 1.90. The molecule has 2 aromatic heterocycles. The maximum atomic E-state index is 12.7. The highest BCUT2D eigenvalue weighted by molar-refractivity contribution is 7.92. The molecule has 0 aliphatic rings. The molecule has 0 fully saturated rings. The van der Waals surface area contributed by atoms with Crippen molar-refractivity contribution in [2.75, 3.05) is 4.72 Å². The van der Waals surface area contributed by atoms with Crippen LogP contribution in [0.15, 0.2) is 82.5 Å². The third-order valence-corrected chi connectivity index (χ3v) is 5.48. The van der Waals surface area contributed by atoms with Crippen molar-refractivity contribution >= 4 is 15.7 Å². The summed E-state index contributed by atoms with van der Waals surface area (Å²) in [6, 6.07) is 17.0. The minimum absolute atomic E-state index is 0.177. The molecule has 1 N–H and O–H groups in total. The van der Waals surface area contributed by atoms with Gasteiger partial charge >= 0.3 is 0 Å². The van der Waals surface area contributed by atoms with Gasteiger partial charge in [0.2, 0.25) is 5.82 Å². The molecule has 7 nitrogen and oxygen atoms in total. The SMILES string of the molecule is Cc1ccc(S(=O)(=O)Nc2ccccc2-c2nc(-c3ccncc3)no2)cc1. The van der Waals surface area contributed by atoms with Crippen LogP contribution in [-0.2, 0) is 10.0 Å². The van der Waals surface area contributed by atoms with E-state index in [9.17, 15) is 8.42 Å². The Labute approximate surface area is 162 Å². The molecule has 4 aromatic rings. The van der Waals surface area contributed by atoms with E-state index < -0.39 is 10.0 Å². The van der Waals surface area contributed by atoms with E-state index in [1.807, 2.05) is 6.92 Å². The fraction of sp³-hybridized carbons (Fsp3) is 0.0500. The predicted molar refractivity (Wildman–Crippen MR) is 105 cm³/mol. The number of rotatable bonds is 5. The number of aromatic nitrogens is 3. The Balaban J connectivity index is 1.68. The first kappa shape index (κ1) is 17.9. The number of anilines is 1. The Bertz CT molecular complexity index is 1200. The molecule has 0 spiro atoms. The average Bonchev–Trinajstić information content (AvgIpc) is 3.19. The van der Waals surface area contributed by atoms with Gasteiger partial charge in [-0.3, -0.25) is 9.71 Å². The number of benzene rings is 2. The first-order valence-electron chi connectivity index (χ1n) is 8.46. The van der Waals surface area contributed by atoms with E-state index in [1.165, 1.54) is 0 Å². The number of nitrogens with zero attached hydrogens (tertiary/aromatic N) is 3. The molecule has 0 saturated carbocycles. The second-order valence-corrected chi connectivity index (χ2v) is 7.81. The van der Waals surface area contributed by atoms with Crippen LogP contribution in [0, 0.1) is 6.92 Å². The zero-order chi connectivity index (χ0) is 19.6. The maximum Gasteiger partial charge on any atom is 0.261 e. The van der Waals surface area contributed by atoms with Gasteiger partial charge in [0.15, 0.2) is 0 Å². The van der Waals surface area contributed by atoms with Gasteiger partial charge in [-0.2, -0.15) is 4.98 Å². The molecule has 0 saturated heterocycles. The number of aryl methyl sites for hydroxylation is 1. The van der Waals surface area contributed by atoms with Gasteiger partial charge in [-0.1, -0.05) is 35.0 Å². The quantitative estimate of drug-likeness (QED) is 0.553. The van der Waals surface area contributed by atoms with Crippen molar-refractivity contribution in [1.82, 2.24) is 15.1 Å². The number of hydrogen-bond donors (Lipinski definition) is 1. The van der Waals surface area contributed by atoms with Crippen LogP contribution in [0.25, 0.3) is 22.8 Å². The standard InChI is InChI=1S/C20H16N4O3S/c1-14-6-8-16(9-7-14)28(25,26)24-18-5-3-2-4-17(18)20-22-19(23-27-20)15-10-12-21-13-11-15/h2-13,24H,1H3. The molecule has 8 heteroatoms. The number of para-hydroxylation sites is 1. The van der Waals surface area contributed by atoms with Gasteiger partial charge in [-0.25, -0.2) is 8.42 Å². The number of sulfonamides is 1. The van der Waals surface area contributed by atoms with Gasteiger partial charge in [0.1, 0.15) is 0 Å². The van der Waals surface area contributed by atoms with Crippen LogP contribution in [0.3, 0.4) is 0 Å². The summed E-state index contributed by atoms with van der Waals surface area (Å²) < 4.78 is 33.4. The molecular formula is C20H16N4O3S. The highest BCUT2D eigenvalue weighted by Gasteiger charge is 2.19. The lowest BCUT2D eigenvalue weighted by Crippen LogP contribution is -2.13. The monoisotopic (exact) mass is 392 g/mol. The largest absolute Gasteiger partial charge is 0.334 e. The number of nitrogens with one attached hydrogen (secondary N) is 1. The molecule has 0 bridgehead atoms. The van der Waals surface area contributed by atoms with Crippen molar-refractivity contribution in [3.63, 3.8) is 0 Å². The van der Waals surface area contributed by atoms with Gasteiger partial charge in [0.25, 0.3) is 15.9 Å². The van der Waals surface area contributed by atoms with E-state index in [4.69, 9.17) is 4.52 Å². The van der Waals surface area contributed by atoms with Crippen LogP contribution in [-0.4, -0.2) is 23.5 Å². The first-order valence-corrected chi connectivity index (χ1v) is 9.94. The van der Waals surface area contributed by atoms with Gasteiger partial charge in [0.05, 0.1) is 16.1 Å². The van der Waals surface area contributed by atoms with Gasteiger partial charge in [-0.15, -0.1) is 0 Å². The lowest BCUT2D eigenvalue weighted by atomic mass is 10.2. The van der Waals surface area contributed by atoms with Gasteiger partial charge in [0, 0.05) is 18.0 Å². The molecule has 0 unspecified atom stereocenters. The molecule has 0 atom stereocenters. The topological polar surface area (TPSA) is 98.0 Å². The third-order valence-electron chi connectivity index (χ3n) is 4.10. The van der Waals surface area contributed by atoms with Crippen molar-refractivity contribution in [1.29, 1.82) is 0 Å². The summed E-state index contributed by atoms with van der Waals surface area (Å²) in [5.74, 6) is 0.614. The number of hydrogen-bond acceptors (Lipinski definition) is 6. The molecule has 0 aliphatic carbocycles. The van der Waals surface area contributed by atoms with Crippen molar-refractivity contribution in [2.24, 2.45) is 0 Å². The van der Waals surface area contributed by atoms with Crippen molar-refractivity contribution in [3.05, 3.63) is 78.6 Å². The van der Waals surface area contributed by atoms with E-state index in [0.29, 0.717) is 17.1 Å². The second kappa shape index (κ2) is 7.24.